The molecule has 60 valence electrons. The topological polar surface area (TPSA) is 43.4 Å². The Morgan fingerprint density at radius 2 is 2.10 bits per heavy atom. The lowest BCUT2D eigenvalue weighted by Crippen LogP contribution is -2.13. The van der Waals surface area contributed by atoms with Gasteiger partial charge in [-0.1, -0.05) is 15.9 Å². The zero-order chi connectivity index (χ0) is 7.61. The Kier molecular flexibility index (Phi) is 2.71. The minimum atomic E-state index is -2.66. The summed E-state index contributed by atoms with van der Waals surface area (Å²) in [5.74, 6) is 0. The molecule has 0 aromatic carbocycles. The molecule has 1 saturated carbocycles. The fraction of sp³-hybridized carbons (Fsp3) is 1.00. The van der Waals surface area contributed by atoms with E-state index in [2.05, 4.69) is 15.9 Å². The molecule has 0 amide bonds. The molecule has 1 rings (SSSR count). The molecule has 0 unspecified atom stereocenters. The summed E-state index contributed by atoms with van der Waals surface area (Å²) in [6, 6.07) is 0. The van der Waals surface area contributed by atoms with Crippen molar-refractivity contribution in [2.24, 2.45) is 0 Å². The summed E-state index contributed by atoms with van der Waals surface area (Å²) in [6.45, 7) is 0. The van der Waals surface area contributed by atoms with Gasteiger partial charge in [0.15, 0.2) is 0 Å². The minimum Gasteiger partial charge on any atom is -0.265 e. The van der Waals surface area contributed by atoms with Crippen molar-refractivity contribution < 1.29 is 12.6 Å². The predicted octanol–water partition coefficient (Wildman–Crippen LogP) is 0.847. The van der Waals surface area contributed by atoms with E-state index in [-0.39, 0.29) is 5.60 Å². The van der Waals surface area contributed by atoms with Gasteiger partial charge in [-0.3, -0.25) is 4.18 Å². The second-order valence-corrected chi connectivity index (χ2v) is 3.86. The maximum Gasteiger partial charge on any atom is 0.257 e. The number of rotatable bonds is 4. The minimum absolute atomic E-state index is 0.321. The Balaban J connectivity index is 2.37. The molecule has 3 nitrogen and oxygen atoms in total. The Morgan fingerprint density at radius 1 is 1.50 bits per heavy atom. The first-order valence-electron chi connectivity index (χ1n) is 3.08. The first-order valence-corrected chi connectivity index (χ1v) is 5.30. The summed E-state index contributed by atoms with van der Waals surface area (Å²) < 4.78 is 25.0. The number of hydrogen-bond donors (Lipinski definition) is 1. The van der Waals surface area contributed by atoms with Crippen molar-refractivity contribution in [1.82, 2.24) is 0 Å². The van der Waals surface area contributed by atoms with Crippen LogP contribution in [0.25, 0.3) is 0 Å². The van der Waals surface area contributed by atoms with E-state index in [1.807, 2.05) is 0 Å². The molecule has 1 aliphatic rings. The smallest absolute Gasteiger partial charge is 0.257 e. The molecule has 0 spiro atoms. The number of halogens is 1. The van der Waals surface area contributed by atoms with Crippen LogP contribution in [0.15, 0.2) is 0 Å². The van der Waals surface area contributed by atoms with Crippen molar-refractivity contribution >= 4 is 26.9 Å². The third kappa shape index (κ3) is 2.21. The number of thiol groups is 1. The van der Waals surface area contributed by atoms with E-state index in [4.69, 9.17) is 4.18 Å². The molecule has 0 bridgehead atoms. The summed E-state index contributed by atoms with van der Waals surface area (Å²) in [7, 11) is -2.66. The van der Waals surface area contributed by atoms with Crippen LogP contribution in [0.2, 0.25) is 0 Å². The second-order valence-electron chi connectivity index (χ2n) is 2.44. The van der Waals surface area contributed by atoms with Crippen molar-refractivity contribution in [2.45, 2.75) is 24.9 Å². The van der Waals surface area contributed by atoms with Crippen LogP contribution in [0.4, 0.5) is 0 Å². The van der Waals surface area contributed by atoms with Gasteiger partial charge in [-0.05, 0) is 19.3 Å². The molecule has 0 radical (unpaired) electrons. The maximum absolute atomic E-state index is 10.1. The van der Waals surface area contributed by atoms with Crippen molar-refractivity contribution in [3.05, 3.63) is 0 Å². The highest BCUT2D eigenvalue weighted by molar-refractivity contribution is 9.09. The van der Waals surface area contributed by atoms with E-state index >= 15 is 0 Å². The molecule has 1 fully saturated rings. The van der Waals surface area contributed by atoms with E-state index < -0.39 is 11.0 Å². The van der Waals surface area contributed by atoms with Gasteiger partial charge in [0.25, 0.3) is 11.0 Å². The average molecular weight is 229 g/mol. The van der Waals surface area contributed by atoms with Gasteiger partial charge in [0.2, 0.25) is 0 Å². The van der Waals surface area contributed by atoms with Crippen molar-refractivity contribution in [3.8, 4) is 0 Å². The van der Waals surface area contributed by atoms with Crippen LogP contribution >= 0.6 is 15.9 Å². The van der Waals surface area contributed by atoms with Crippen LogP contribution in [0.3, 0.4) is 0 Å². The Labute approximate surface area is 70.0 Å². The van der Waals surface area contributed by atoms with E-state index in [1.54, 1.807) is 0 Å². The Bertz CT molecular complexity index is 177. The maximum atomic E-state index is 10.1. The second kappa shape index (κ2) is 3.19. The van der Waals surface area contributed by atoms with Crippen LogP contribution in [0.1, 0.15) is 19.3 Å². The summed E-state index contributed by atoms with van der Waals surface area (Å²) in [6.07, 6.45) is 2.54. The molecule has 0 atom stereocenters. The zero-order valence-electron chi connectivity index (χ0n) is 5.38. The highest BCUT2D eigenvalue weighted by atomic mass is 79.9. The van der Waals surface area contributed by atoms with Gasteiger partial charge >= 0.3 is 0 Å². The van der Waals surface area contributed by atoms with Crippen molar-refractivity contribution in [1.29, 1.82) is 0 Å². The summed E-state index contributed by atoms with van der Waals surface area (Å²) in [4.78, 5) is 0. The average Bonchev–Trinajstić information content (AvgIpc) is 2.47. The van der Waals surface area contributed by atoms with Gasteiger partial charge in [-0.15, -0.1) is 0 Å². The first kappa shape index (κ1) is 8.49. The first-order chi connectivity index (χ1) is 4.68. The van der Waals surface area contributed by atoms with Gasteiger partial charge in [0.05, 0.1) is 5.60 Å². The molecule has 1 aliphatic carbocycles. The van der Waals surface area contributed by atoms with Crippen LogP contribution in [-0.2, 0) is 15.2 Å². The Hall–Kier alpha value is 0.390. The molecular formula is C5H9BrO3S. The van der Waals surface area contributed by atoms with Crippen LogP contribution in [-0.4, -0.2) is 19.3 Å². The van der Waals surface area contributed by atoms with Crippen molar-refractivity contribution in [2.75, 3.05) is 5.33 Å². The highest BCUT2D eigenvalue weighted by Gasteiger charge is 2.44. The molecule has 0 saturated heterocycles. The highest BCUT2D eigenvalue weighted by Crippen LogP contribution is 2.43. The molecule has 5 heteroatoms. The van der Waals surface area contributed by atoms with Crippen LogP contribution in [0.5, 0.6) is 0 Å². The van der Waals surface area contributed by atoms with Crippen LogP contribution < -0.4 is 0 Å². The van der Waals surface area contributed by atoms with E-state index in [9.17, 15) is 8.42 Å². The predicted molar refractivity (Wildman–Crippen MR) is 41.8 cm³/mol. The lowest BCUT2D eigenvalue weighted by molar-refractivity contribution is 0.194. The largest absolute Gasteiger partial charge is 0.265 e. The number of alkyl halides is 1. The van der Waals surface area contributed by atoms with Gasteiger partial charge < -0.3 is 0 Å². The monoisotopic (exact) mass is 228 g/mol. The van der Waals surface area contributed by atoms with Gasteiger partial charge in [-0.2, -0.15) is 0 Å². The quantitative estimate of drug-likeness (QED) is 0.574. The standard InChI is InChI=1S/C5H9BrO3S/c6-4-3-5(1-2-5)9-10(7)8/h10H,1-4H2. The summed E-state index contributed by atoms with van der Waals surface area (Å²) in [5, 5.41) is 0.802. The van der Waals surface area contributed by atoms with Gasteiger partial charge in [-0.25, -0.2) is 8.42 Å². The molecule has 0 aliphatic heterocycles. The van der Waals surface area contributed by atoms with E-state index in [1.165, 1.54) is 0 Å². The summed E-state index contributed by atoms with van der Waals surface area (Å²) >= 11 is 3.24. The fourth-order valence-corrected chi connectivity index (χ4v) is 2.17. The SMILES string of the molecule is O=[SH](=O)OC1(CCBr)CC1. The van der Waals surface area contributed by atoms with Crippen LogP contribution in [0, 0.1) is 0 Å². The molecule has 10 heavy (non-hydrogen) atoms. The third-order valence-electron chi connectivity index (χ3n) is 1.63. The zero-order valence-corrected chi connectivity index (χ0v) is 7.86. The fourth-order valence-electron chi connectivity index (χ4n) is 0.857. The van der Waals surface area contributed by atoms with Gasteiger partial charge in [0.1, 0.15) is 0 Å². The number of hydrogen-bond acceptors (Lipinski definition) is 3. The lowest BCUT2D eigenvalue weighted by atomic mass is 10.3. The summed E-state index contributed by atoms with van der Waals surface area (Å²) in [5.41, 5.74) is -0.321. The molecule has 0 N–H and O–H groups in total. The molecule has 0 aromatic rings. The molecular weight excluding hydrogens is 220 g/mol. The molecule has 0 heterocycles. The Morgan fingerprint density at radius 3 is 2.40 bits per heavy atom. The van der Waals surface area contributed by atoms with Crippen molar-refractivity contribution in [3.63, 3.8) is 0 Å². The van der Waals surface area contributed by atoms with E-state index in [0.717, 1.165) is 24.6 Å². The lowest BCUT2D eigenvalue weighted by Gasteiger charge is -2.07. The normalized spacial score (nSPS) is 21.4. The van der Waals surface area contributed by atoms with Gasteiger partial charge in [0, 0.05) is 5.33 Å². The third-order valence-corrected chi connectivity index (χ3v) is 2.56. The van der Waals surface area contributed by atoms with E-state index in [0.29, 0.717) is 0 Å². The molecule has 0 aromatic heterocycles.